The molecule has 0 fully saturated rings. The Kier molecular flexibility index (Phi) is 7.02. The summed E-state index contributed by atoms with van der Waals surface area (Å²) < 4.78 is 27.5. The first-order valence-electron chi connectivity index (χ1n) is 9.18. The summed E-state index contributed by atoms with van der Waals surface area (Å²) in [5.74, 6) is -0.718. The van der Waals surface area contributed by atoms with Crippen LogP contribution in [0.4, 0.5) is 17.1 Å². The first-order valence-corrected chi connectivity index (χ1v) is 11.4. The van der Waals surface area contributed by atoms with Gasteiger partial charge in [0.05, 0.1) is 36.8 Å². The minimum Gasteiger partial charge on any atom is -0.324 e. The summed E-state index contributed by atoms with van der Waals surface area (Å²) in [6.45, 7) is 0.847. The van der Waals surface area contributed by atoms with Crippen molar-refractivity contribution in [2.45, 2.75) is 11.8 Å². The SMILES string of the molecule is Cc1c(NC(=O)CN(c2cccc(Cl)c2Cl)S(=O)(=O)c2ccccc2)cccc1[N+](=O)[O-]. The third-order valence-electron chi connectivity index (χ3n) is 4.59. The molecule has 1 N–H and O–H groups in total. The standard InChI is InChI=1S/C21H17Cl2N3O5S/c1-14-17(10-6-11-18(14)26(28)29)24-20(27)13-25(19-12-5-9-16(22)21(19)23)32(30,31)15-7-3-2-4-8-15/h2-12H,13H2,1H3,(H,24,27). The second kappa shape index (κ2) is 9.56. The van der Waals surface area contributed by atoms with Gasteiger partial charge in [0, 0.05) is 6.07 Å². The lowest BCUT2D eigenvalue weighted by molar-refractivity contribution is -0.385. The van der Waals surface area contributed by atoms with Crippen molar-refractivity contribution in [2.24, 2.45) is 0 Å². The van der Waals surface area contributed by atoms with E-state index < -0.39 is 27.4 Å². The van der Waals surface area contributed by atoms with Gasteiger partial charge in [0.1, 0.15) is 6.54 Å². The Bertz CT molecular complexity index is 1280. The maximum atomic E-state index is 13.3. The number of hydrogen-bond donors (Lipinski definition) is 1. The number of amides is 1. The van der Waals surface area contributed by atoms with Crippen molar-refractivity contribution in [1.82, 2.24) is 0 Å². The van der Waals surface area contributed by atoms with Crippen LogP contribution in [-0.2, 0) is 14.8 Å². The van der Waals surface area contributed by atoms with Gasteiger partial charge >= 0.3 is 0 Å². The summed E-state index contributed by atoms with van der Waals surface area (Å²) in [5, 5.41) is 13.8. The lowest BCUT2D eigenvalue weighted by atomic mass is 10.1. The highest BCUT2D eigenvalue weighted by molar-refractivity contribution is 7.92. The number of rotatable bonds is 7. The molecule has 0 spiro atoms. The molecule has 0 atom stereocenters. The molecule has 0 heterocycles. The molecule has 3 aromatic carbocycles. The van der Waals surface area contributed by atoms with Gasteiger partial charge in [0.15, 0.2) is 0 Å². The van der Waals surface area contributed by atoms with Crippen molar-refractivity contribution in [3.05, 3.63) is 92.5 Å². The highest BCUT2D eigenvalue weighted by Gasteiger charge is 2.29. The summed E-state index contributed by atoms with van der Waals surface area (Å²) in [5.41, 5.74) is 0.283. The van der Waals surface area contributed by atoms with Crippen LogP contribution in [0.3, 0.4) is 0 Å². The molecule has 0 aliphatic rings. The molecule has 0 radical (unpaired) electrons. The van der Waals surface area contributed by atoms with E-state index in [2.05, 4.69) is 5.32 Å². The fourth-order valence-corrected chi connectivity index (χ4v) is 4.88. The number of nitro groups is 1. The molecular formula is C21H17Cl2N3O5S. The molecule has 0 aromatic heterocycles. The van der Waals surface area contributed by atoms with Crippen molar-refractivity contribution >= 4 is 56.2 Å². The maximum Gasteiger partial charge on any atom is 0.274 e. The summed E-state index contributed by atoms with van der Waals surface area (Å²) in [7, 11) is -4.19. The Morgan fingerprint density at radius 1 is 1.03 bits per heavy atom. The summed E-state index contributed by atoms with van der Waals surface area (Å²) in [6.07, 6.45) is 0. The van der Waals surface area contributed by atoms with Crippen molar-refractivity contribution in [2.75, 3.05) is 16.2 Å². The Balaban J connectivity index is 2.00. The Hall–Kier alpha value is -3.14. The number of benzene rings is 3. The first kappa shape index (κ1) is 23.5. The molecule has 32 heavy (non-hydrogen) atoms. The first-order chi connectivity index (χ1) is 15.1. The highest BCUT2D eigenvalue weighted by atomic mass is 35.5. The molecule has 0 saturated carbocycles. The van der Waals surface area contributed by atoms with Gasteiger partial charge in [-0.15, -0.1) is 0 Å². The van der Waals surface area contributed by atoms with Crippen LogP contribution in [0.25, 0.3) is 0 Å². The number of anilines is 2. The van der Waals surface area contributed by atoms with E-state index in [0.717, 1.165) is 4.31 Å². The van der Waals surface area contributed by atoms with E-state index >= 15 is 0 Å². The molecule has 0 bridgehead atoms. The second-order valence-electron chi connectivity index (χ2n) is 6.65. The van der Waals surface area contributed by atoms with E-state index in [1.54, 1.807) is 18.2 Å². The number of carbonyl (C=O) groups is 1. The number of nitrogens with zero attached hydrogens (tertiary/aromatic N) is 2. The molecule has 0 aliphatic heterocycles. The summed E-state index contributed by atoms with van der Waals surface area (Å²) in [4.78, 5) is 23.4. The summed E-state index contributed by atoms with van der Waals surface area (Å²) >= 11 is 12.3. The number of carbonyl (C=O) groups excluding carboxylic acids is 1. The van der Waals surface area contributed by atoms with Crippen LogP contribution >= 0.6 is 23.2 Å². The molecule has 3 rings (SSSR count). The third-order valence-corrected chi connectivity index (χ3v) is 7.18. The van der Waals surface area contributed by atoms with E-state index in [0.29, 0.717) is 0 Å². The maximum absolute atomic E-state index is 13.3. The molecular weight excluding hydrogens is 477 g/mol. The van der Waals surface area contributed by atoms with Crippen LogP contribution < -0.4 is 9.62 Å². The van der Waals surface area contributed by atoms with Crippen LogP contribution in [-0.4, -0.2) is 25.8 Å². The van der Waals surface area contributed by atoms with E-state index in [4.69, 9.17) is 23.2 Å². The van der Waals surface area contributed by atoms with E-state index in [1.165, 1.54) is 55.5 Å². The predicted molar refractivity (Wildman–Crippen MR) is 124 cm³/mol. The zero-order valence-electron chi connectivity index (χ0n) is 16.7. The highest BCUT2D eigenvalue weighted by Crippen LogP contribution is 2.35. The van der Waals surface area contributed by atoms with Crippen molar-refractivity contribution in [1.29, 1.82) is 0 Å². The molecule has 0 aliphatic carbocycles. The lowest BCUT2D eigenvalue weighted by Crippen LogP contribution is -2.38. The Labute approximate surface area is 194 Å². The van der Waals surface area contributed by atoms with Gasteiger partial charge in [-0.1, -0.05) is 53.5 Å². The number of nitro benzene ring substituents is 1. The van der Waals surface area contributed by atoms with Crippen molar-refractivity contribution in [3.63, 3.8) is 0 Å². The fraction of sp³-hybridized carbons (Fsp3) is 0.0952. The lowest BCUT2D eigenvalue weighted by Gasteiger charge is -2.25. The molecule has 1 amide bonds. The summed E-state index contributed by atoms with van der Waals surface area (Å²) in [6, 6.07) is 16.2. The Morgan fingerprint density at radius 3 is 2.34 bits per heavy atom. The van der Waals surface area contributed by atoms with E-state index in [1.807, 2.05) is 0 Å². The minimum absolute atomic E-state index is 0.0222. The topological polar surface area (TPSA) is 110 Å². The molecule has 0 unspecified atom stereocenters. The quantitative estimate of drug-likeness (QED) is 0.366. The average Bonchev–Trinajstić information content (AvgIpc) is 2.76. The van der Waals surface area contributed by atoms with Gasteiger partial charge < -0.3 is 5.32 Å². The molecule has 166 valence electrons. The number of halogens is 2. The van der Waals surface area contributed by atoms with Crippen LogP contribution in [0.1, 0.15) is 5.56 Å². The molecule has 11 heteroatoms. The van der Waals surface area contributed by atoms with Crippen LogP contribution in [0.5, 0.6) is 0 Å². The van der Waals surface area contributed by atoms with Crippen LogP contribution in [0, 0.1) is 17.0 Å². The van der Waals surface area contributed by atoms with Gasteiger partial charge in [-0.25, -0.2) is 8.42 Å². The van der Waals surface area contributed by atoms with Gasteiger partial charge in [-0.3, -0.25) is 19.2 Å². The van der Waals surface area contributed by atoms with Crippen molar-refractivity contribution in [3.8, 4) is 0 Å². The zero-order valence-corrected chi connectivity index (χ0v) is 19.0. The monoisotopic (exact) mass is 493 g/mol. The smallest absolute Gasteiger partial charge is 0.274 e. The number of nitrogens with one attached hydrogen (secondary N) is 1. The van der Waals surface area contributed by atoms with Gasteiger partial charge in [0.2, 0.25) is 5.91 Å². The second-order valence-corrected chi connectivity index (χ2v) is 9.30. The molecule has 8 nitrogen and oxygen atoms in total. The number of sulfonamides is 1. The van der Waals surface area contributed by atoms with E-state index in [-0.39, 0.29) is 37.6 Å². The molecule has 3 aromatic rings. The van der Waals surface area contributed by atoms with E-state index in [9.17, 15) is 23.3 Å². The minimum atomic E-state index is -4.19. The van der Waals surface area contributed by atoms with Gasteiger partial charge in [-0.2, -0.15) is 0 Å². The normalized spacial score (nSPS) is 11.1. The van der Waals surface area contributed by atoms with Gasteiger partial charge in [0.25, 0.3) is 15.7 Å². The zero-order chi connectivity index (χ0) is 23.5. The third kappa shape index (κ3) is 4.85. The predicted octanol–water partition coefficient (Wildman–Crippen LogP) is 5.04. The van der Waals surface area contributed by atoms with Crippen LogP contribution in [0.15, 0.2) is 71.6 Å². The fourth-order valence-electron chi connectivity index (χ4n) is 2.98. The average molecular weight is 494 g/mol. The molecule has 0 saturated heterocycles. The number of hydrogen-bond acceptors (Lipinski definition) is 5. The van der Waals surface area contributed by atoms with Crippen LogP contribution in [0.2, 0.25) is 10.0 Å². The van der Waals surface area contributed by atoms with Gasteiger partial charge in [-0.05, 0) is 37.3 Å². The Morgan fingerprint density at radius 2 is 1.69 bits per heavy atom. The largest absolute Gasteiger partial charge is 0.324 e. The van der Waals surface area contributed by atoms with Crippen molar-refractivity contribution < 1.29 is 18.1 Å².